The maximum Gasteiger partial charge on any atom is 0.325 e. The Hall–Kier alpha value is -2.45. The molecule has 1 aliphatic heterocycles. The number of hydrogen-bond acceptors (Lipinski definition) is 7. The molecular weight excluding hydrogens is 310 g/mol. The summed E-state index contributed by atoms with van der Waals surface area (Å²) in [5.41, 5.74) is 4.93. The molecule has 24 heavy (non-hydrogen) atoms. The lowest BCUT2D eigenvalue weighted by Crippen LogP contribution is -2.53. The minimum atomic E-state index is -0.779. The van der Waals surface area contributed by atoms with Crippen molar-refractivity contribution in [3.8, 4) is 0 Å². The number of nitrogens with one attached hydrogen (secondary N) is 1. The van der Waals surface area contributed by atoms with E-state index in [1.54, 1.807) is 19.0 Å². The third kappa shape index (κ3) is 2.63. The molecule has 130 valence electrons. The van der Waals surface area contributed by atoms with Crippen LogP contribution in [-0.4, -0.2) is 51.4 Å². The molecule has 2 atom stereocenters. The number of rotatable bonds is 3. The highest BCUT2D eigenvalue weighted by molar-refractivity contribution is 6.07. The second kappa shape index (κ2) is 5.88. The predicted octanol–water partition coefficient (Wildman–Crippen LogP) is 0.521. The third-order valence-electron chi connectivity index (χ3n) is 4.89. The summed E-state index contributed by atoms with van der Waals surface area (Å²) >= 11 is 0. The topological polar surface area (TPSA) is 117 Å². The maximum atomic E-state index is 12.9. The Balaban J connectivity index is 1.86. The minimum absolute atomic E-state index is 0.00725. The molecule has 2 heterocycles. The number of carbonyl (C=O) groups is 2. The average Bonchev–Trinajstić information content (AvgIpc) is 2.75. The maximum absolute atomic E-state index is 12.9. The van der Waals surface area contributed by atoms with Gasteiger partial charge in [-0.05, 0) is 18.8 Å². The summed E-state index contributed by atoms with van der Waals surface area (Å²) in [7, 11) is 3.57. The highest BCUT2D eigenvalue weighted by atomic mass is 16.2. The molecule has 1 aromatic heterocycles. The largest absolute Gasteiger partial charge is 0.368 e. The van der Waals surface area contributed by atoms with Crippen LogP contribution in [0.1, 0.15) is 38.4 Å². The number of carbonyl (C=O) groups excluding carboxylic acids is 2. The number of imide groups is 1. The summed E-state index contributed by atoms with van der Waals surface area (Å²) in [5, 5.41) is 2.92. The van der Waals surface area contributed by atoms with Crippen LogP contribution >= 0.6 is 0 Å². The van der Waals surface area contributed by atoms with Gasteiger partial charge in [0.1, 0.15) is 5.54 Å². The number of amides is 3. The number of aromatic nitrogens is 3. The van der Waals surface area contributed by atoms with E-state index in [9.17, 15) is 9.59 Å². The summed E-state index contributed by atoms with van der Waals surface area (Å²) < 4.78 is 0. The van der Waals surface area contributed by atoms with Crippen molar-refractivity contribution in [3.05, 3.63) is 5.82 Å². The molecule has 3 amide bonds. The zero-order valence-electron chi connectivity index (χ0n) is 14.2. The fourth-order valence-electron chi connectivity index (χ4n) is 3.48. The van der Waals surface area contributed by atoms with Crippen molar-refractivity contribution in [1.29, 1.82) is 0 Å². The van der Waals surface area contributed by atoms with Gasteiger partial charge in [0.25, 0.3) is 5.91 Å². The Morgan fingerprint density at radius 1 is 1.29 bits per heavy atom. The van der Waals surface area contributed by atoms with Gasteiger partial charge in [0.05, 0.1) is 6.54 Å². The van der Waals surface area contributed by atoms with E-state index in [1.165, 1.54) is 4.90 Å². The minimum Gasteiger partial charge on any atom is -0.368 e. The summed E-state index contributed by atoms with van der Waals surface area (Å²) in [6.07, 6.45) is 3.64. The molecular formula is C15H23N7O2. The van der Waals surface area contributed by atoms with E-state index in [0.717, 1.165) is 19.3 Å². The monoisotopic (exact) mass is 333 g/mol. The van der Waals surface area contributed by atoms with Crippen molar-refractivity contribution in [2.24, 2.45) is 5.92 Å². The first kappa shape index (κ1) is 16.4. The summed E-state index contributed by atoms with van der Waals surface area (Å²) in [6.45, 7) is 2.01. The van der Waals surface area contributed by atoms with Gasteiger partial charge in [-0.2, -0.15) is 15.0 Å². The number of nitrogens with two attached hydrogens (primary N) is 1. The van der Waals surface area contributed by atoms with E-state index >= 15 is 0 Å². The van der Waals surface area contributed by atoms with Crippen LogP contribution in [0.15, 0.2) is 0 Å². The lowest BCUT2D eigenvalue weighted by atomic mass is 9.73. The Morgan fingerprint density at radius 2 is 2.04 bits per heavy atom. The first-order valence-electron chi connectivity index (χ1n) is 8.15. The molecule has 9 nitrogen and oxygen atoms in total. The smallest absolute Gasteiger partial charge is 0.325 e. The van der Waals surface area contributed by atoms with Crippen LogP contribution in [0, 0.1) is 5.92 Å². The zero-order chi connectivity index (χ0) is 17.5. The van der Waals surface area contributed by atoms with E-state index in [0.29, 0.717) is 18.2 Å². The van der Waals surface area contributed by atoms with Crippen LogP contribution in [0.5, 0.6) is 0 Å². The van der Waals surface area contributed by atoms with Crippen molar-refractivity contribution >= 4 is 23.8 Å². The first-order valence-corrected chi connectivity index (χ1v) is 8.15. The zero-order valence-corrected chi connectivity index (χ0v) is 14.2. The molecule has 1 saturated carbocycles. The Morgan fingerprint density at radius 3 is 2.71 bits per heavy atom. The van der Waals surface area contributed by atoms with Gasteiger partial charge in [-0.1, -0.05) is 19.8 Å². The van der Waals surface area contributed by atoms with Crippen molar-refractivity contribution in [1.82, 2.24) is 25.2 Å². The third-order valence-corrected chi connectivity index (χ3v) is 4.89. The van der Waals surface area contributed by atoms with Gasteiger partial charge >= 0.3 is 6.03 Å². The Bertz CT molecular complexity index is 678. The van der Waals surface area contributed by atoms with Crippen molar-refractivity contribution in [2.45, 2.75) is 44.7 Å². The summed E-state index contributed by atoms with van der Waals surface area (Å²) in [6, 6.07) is -0.390. The molecule has 0 radical (unpaired) electrons. The summed E-state index contributed by atoms with van der Waals surface area (Å²) in [4.78, 5) is 40.6. The number of hydrogen-bond donors (Lipinski definition) is 2. The molecule has 1 spiro atoms. The normalized spacial score (nSPS) is 26.8. The molecule has 0 bridgehead atoms. The van der Waals surface area contributed by atoms with Gasteiger partial charge in [-0.15, -0.1) is 0 Å². The average molecular weight is 333 g/mol. The number of anilines is 2. The lowest BCUT2D eigenvalue weighted by Gasteiger charge is -2.36. The van der Waals surface area contributed by atoms with E-state index in [4.69, 9.17) is 5.73 Å². The molecule has 1 aliphatic carbocycles. The molecule has 3 N–H and O–H groups in total. The second-order valence-electron chi connectivity index (χ2n) is 6.74. The molecule has 0 aromatic carbocycles. The number of urea groups is 1. The van der Waals surface area contributed by atoms with Gasteiger partial charge in [-0.25, -0.2) is 4.79 Å². The van der Waals surface area contributed by atoms with Crippen LogP contribution in [0.2, 0.25) is 0 Å². The molecule has 2 fully saturated rings. The standard InChI is InChI=1S/C15H23N7O2/c1-9-6-4-5-7-15(9)11(23)22(14(24)20-15)8-10-17-12(16)19-13(18-10)21(2)3/h9H,4-8H2,1-3H3,(H,20,24)(H2,16,17,18,19)/t9-,15-/m1/s1. The van der Waals surface area contributed by atoms with Crippen LogP contribution in [0.25, 0.3) is 0 Å². The summed E-state index contributed by atoms with van der Waals surface area (Å²) in [5.74, 6) is 0.690. The van der Waals surface area contributed by atoms with Gasteiger partial charge in [0.2, 0.25) is 11.9 Å². The highest BCUT2D eigenvalue weighted by Crippen LogP contribution is 2.38. The fraction of sp³-hybridized carbons (Fsp3) is 0.667. The van der Waals surface area contributed by atoms with Crippen LogP contribution < -0.4 is 16.0 Å². The number of nitrogens with zero attached hydrogens (tertiary/aromatic N) is 5. The van der Waals surface area contributed by atoms with Crippen LogP contribution in [0.3, 0.4) is 0 Å². The Labute approximate surface area is 140 Å². The first-order chi connectivity index (χ1) is 11.3. The molecule has 1 saturated heterocycles. The number of nitrogen functional groups attached to an aromatic ring is 1. The highest BCUT2D eigenvalue weighted by Gasteiger charge is 2.54. The predicted molar refractivity (Wildman–Crippen MR) is 88.0 cm³/mol. The molecule has 3 rings (SSSR count). The van der Waals surface area contributed by atoms with Crippen LogP contribution in [-0.2, 0) is 11.3 Å². The van der Waals surface area contributed by atoms with Crippen molar-refractivity contribution in [3.63, 3.8) is 0 Å². The van der Waals surface area contributed by atoms with Gasteiger partial charge in [0, 0.05) is 14.1 Å². The van der Waals surface area contributed by atoms with Gasteiger partial charge in [-0.3, -0.25) is 9.69 Å². The van der Waals surface area contributed by atoms with E-state index in [1.807, 2.05) is 6.92 Å². The van der Waals surface area contributed by atoms with Crippen molar-refractivity contribution < 1.29 is 9.59 Å². The van der Waals surface area contributed by atoms with E-state index < -0.39 is 5.54 Å². The van der Waals surface area contributed by atoms with E-state index in [-0.39, 0.29) is 30.3 Å². The lowest BCUT2D eigenvalue weighted by molar-refractivity contribution is -0.134. The SMILES string of the molecule is C[C@@H]1CCCC[C@@]12NC(=O)N(Cc1nc(N)nc(N(C)C)n1)C2=O. The fourth-order valence-corrected chi connectivity index (χ4v) is 3.48. The molecule has 2 aliphatic rings. The Kier molecular flexibility index (Phi) is 4.02. The van der Waals surface area contributed by atoms with Gasteiger partial charge < -0.3 is 16.0 Å². The molecule has 1 aromatic rings. The van der Waals surface area contributed by atoms with Crippen molar-refractivity contribution in [2.75, 3.05) is 24.7 Å². The van der Waals surface area contributed by atoms with E-state index in [2.05, 4.69) is 20.3 Å². The quantitative estimate of drug-likeness (QED) is 0.774. The molecule has 9 heteroatoms. The van der Waals surface area contributed by atoms with Crippen LogP contribution in [0.4, 0.5) is 16.7 Å². The van der Waals surface area contributed by atoms with Gasteiger partial charge in [0.15, 0.2) is 5.82 Å². The second-order valence-corrected chi connectivity index (χ2v) is 6.74. The molecule has 0 unspecified atom stereocenters.